The summed E-state index contributed by atoms with van der Waals surface area (Å²) in [5.74, 6) is -3.28. The van der Waals surface area contributed by atoms with E-state index in [-0.39, 0.29) is 18.4 Å². The van der Waals surface area contributed by atoms with E-state index in [1.54, 1.807) is 0 Å². The van der Waals surface area contributed by atoms with Gasteiger partial charge in [-0.15, -0.1) is 0 Å². The minimum absolute atomic E-state index is 0.206. The molecular formula is C14H16F3N3O3. The van der Waals surface area contributed by atoms with Crippen molar-refractivity contribution in [1.82, 2.24) is 15.3 Å². The van der Waals surface area contributed by atoms with Gasteiger partial charge in [-0.1, -0.05) is 25.7 Å². The summed E-state index contributed by atoms with van der Waals surface area (Å²) in [6, 6.07) is 0. The summed E-state index contributed by atoms with van der Waals surface area (Å²) < 4.78 is 37.2. The lowest BCUT2D eigenvalue weighted by Gasteiger charge is -2.29. The van der Waals surface area contributed by atoms with Gasteiger partial charge in [-0.05, 0) is 12.8 Å². The van der Waals surface area contributed by atoms with E-state index in [2.05, 4.69) is 15.3 Å². The van der Waals surface area contributed by atoms with Crippen LogP contribution in [0.3, 0.4) is 0 Å². The number of hydrogen-bond acceptors (Lipinski definition) is 4. The number of carbonyl (C=O) groups is 2. The number of carbonyl (C=O) groups excluding carboxylic acids is 1. The monoisotopic (exact) mass is 331 g/mol. The van der Waals surface area contributed by atoms with Gasteiger partial charge in [-0.3, -0.25) is 4.79 Å². The number of carboxylic acids is 1. The van der Waals surface area contributed by atoms with Crippen LogP contribution >= 0.6 is 0 Å². The molecule has 6 nitrogen and oxygen atoms in total. The standard InChI is InChI=1S/C14H16F3N3O3/c15-14(16,17)11-18-7-9(8-19-11)10(21)20-13(12(22)23)5-3-1-2-4-6-13/h7-8H,1-6H2,(H,20,21)(H,22,23). The molecule has 1 fully saturated rings. The van der Waals surface area contributed by atoms with E-state index >= 15 is 0 Å². The van der Waals surface area contributed by atoms with Crippen LogP contribution in [-0.2, 0) is 11.0 Å². The first kappa shape index (κ1) is 17.2. The molecule has 1 aromatic heterocycles. The Kier molecular flexibility index (Phi) is 4.86. The normalized spacial score (nSPS) is 18.0. The second-order valence-electron chi connectivity index (χ2n) is 5.55. The van der Waals surface area contributed by atoms with Crippen molar-refractivity contribution in [3.8, 4) is 0 Å². The van der Waals surface area contributed by atoms with Crippen molar-refractivity contribution in [3.05, 3.63) is 23.8 Å². The summed E-state index contributed by atoms with van der Waals surface area (Å²) in [6.07, 6.45) is 0.466. The van der Waals surface area contributed by atoms with Crippen molar-refractivity contribution in [2.45, 2.75) is 50.2 Å². The molecule has 0 unspecified atom stereocenters. The van der Waals surface area contributed by atoms with Crippen LogP contribution in [0.2, 0.25) is 0 Å². The molecular weight excluding hydrogens is 315 g/mol. The lowest BCUT2D eigenvalue weighted by atomic mass is 9.90. The average Bonchev–Trinajstić information content (AvgIpc) is 2.73. The molecule has 23 heavy (non-hydrogen) atoms. The molecule has 0 radical (unpaired) electrons. The maximum absolute atomic E-state index is 12.4. The third-order valence-electron chi connectivity index (χ3n) is 3.89. The zero-order valence-corrected chi connectivity index (χ0v) is 12.2. The first-order valence-corrected chi connectivity index (χ1v) is 7.20. The fraction of sp³-hybridized carbons (Fsp3) is 0.571. The first-order valence-electron chi connectivity index (χ1n) is 7.20. The molecule has 0 atom stereocenters. The van der Waals surface area contributed by atoms with E-state index in [0.717, 1.165) is 25.2 Å². The van der Waals surface area contributed by atoms with E-state index in [0.29, 0.717) is 12.8 Å². The van der Waals surface area contributed by atoms with Crippen LogP contribution < -0.4 is 5.32 Å². The van der Waals surface area contributed by atoms with Gasteiger partial charge in [0, 0.05) is 12.4 Å². The summed E-state index contributed by atoms with van der Waals surface area (Å²) in [6.45, 7) is 0. The molecule has 1 aliphatic rings. The van der Waals surface area contributed by atoms with E-state index in [4.69, 9.17) is 0 Å². The quantitative estimate of drug-likeness (QED) is 0.830. The number of aromatic nitrogens is 2. The lowest BCUT2D eigenvalue weighted by Crippen LogP contribution is -2.54. The van der Waals surface area contributed by atoms with Gasteiger partial charge in [-0.2, -0.15) is 13.2 Å². The highest BCUT2D eigenvalue weighted by atomic mass is 19.4. The third kappa shape index (κ3) is 3.96. The Hall–Kier alpha value is -2.19. The molecule has 1 aliphatic carbocycles. The average molecular weight is 331 g/mol. The van der Waals surface area contributed by atoms with Crippen molar-refractivity contribution in [1.29, 1.82) is 0 Å². The Balaban J connectivity index is 2.17. The Morgan fingerprint density at radius 2 is 1.61 bits per heavy atom. The fourth-order valence-corrected chi connectivity index (χ4v) is 2.61. The Morgan fingerprint density at radius 1 is 1.09 bits per heavy atom. The van der Waals surface area contributed by atoms with Gasteiger partial charge in [0.1, 0.15) is 5.54 Å². The summed E-state index contributed by atoms with van der Waals surface area (Å²) in [7, 11) is 0. The number of rotatable bonds is 3. The number of halogens is 3. The molecule has 0 bridgehead atoms. The van der Waals surface area contributed by atoms with Crippen molar-refractivity contribution >= 4 is 11.9 Å². The van der Waals surface area contributed by atoms with E-state index in [9.17, 15) is 27.9 Å². The number of carboxylic acid groups (broad SMARTS) is 1. The van der Waals surface area contributed by atoms with Gasteiger partial charge >= 0.3 is 12.1 Å². The van der Waals surface area contributed by atoms with Crippen molar-refractivity contribution in [2.75, 3.05) is 0 Å². The second kappa shape index (κ2) is 6.51. The number of nitrogens with zero attached hydrogens (tertiary/aromatic N) is 2. The smallest absolute Gasteiger partial charge is 0.451 e. The predicted octanol–water partition coefficient (Wildman–Crippen LogP) is 2.40. The fourth-order valence-electron chi connectivity index (χ4n) is 2.61. The molecule has 1 aromatic rings. The summed E-state index contributed by atoms with van der Waals surface area (Å²) in [4.78, 5) is 30.0. The topological polar surface area (TPSA) is 92.2 Å². The maximum atomic E-state index is 12.4. The summed E-state index contributed by atoms with van der Waals surface area (Å²) in [5.41, 5.74) is -1.60. The highest BCUT2D eigenvalue weighted by Crippen LogP contribution is 2.28. The minimum Gasteiger partial charge on any atom is -0.480 e. The Bertz CT molecular complexity index is 579. The van der Waals surface area contributed by atoms with Gasteiger partial charge in [0.05, 0.1) is 5.56 Å². The third-order valence-corrected chi connectivity index (χ3v) is 3.89. The molecule has 1 amide bonds. The highest BCUT2D eigenvalue weighted by molar-refractivity contribution is 5.97. The van der Waals surface area contributed by atoms with E-state index in [1.807, 2.05) is 0 Å². The number of aliphatic carboxylic acids is 1. The molecule has 1 heterocycles. The van der Waals surface area contributed by atoms with Crippen molar-refractivity contribution < 1.29 is 27.9 Å². The molecule has 126 valence electrons. The number of hydrogen-bond donors (Lipinski definition) is 2. The molecule has 0 spiro atoms. The highest BCUT2D eigenvalue weighted by Gasteiger charge is 2.40. The zero-order chi connectivity index (χ0) is 17.1. The van der Waals surface area contributed by atoms with Crippen LogP contribution in [0, 0.1) is 0 Å². The van der Waals surface area contributed by atoms with Crippen LogP contribution in [0.4, 0.5) is 13.2 Å². The van der Waals surface area contributed by atoms with Gasteiger partial charge in [0.25, 0.3) is 5.91 Å². The number of amides is 1. The van der Waals surface area contributed by atoms with Crippen LogP contribution in [0.1, 0.15) is 54.7 Å². The second-order valence-corrected chi connectivity index (χ2v) is 5.55. The molecule has 2 N–H and O–H groups in total. The first-order chi connectivity index (χ1) is 10.7. The summed E-state index contributed by atoms with van der Waals surface area (Å²) in [5, 5.41) is 11.9. The maximum Gasteiger partial charge on any atom is 0.451 e. The van der Waals surface area contributed by atoms with Crippen molar-refractivity contribution in [3.63, 3.8) is 0 Å². The van der Waals surface area contributed by atoms with E-state index in [1.165, 1.54) is 0 Å². The summed E-state index contributed by atoms with van der Waals surface area (Å²) >= 11 is 0. The van der Waals surface area contributed by atoms with Gasteiger partial charge < -0.3 is 10.4 Å². The molecule has 0 aliphatic heterocycles. The lowest BCUT2D eigenvalue weighted by molar-refractivity contribution is -0.145. The molecule has 0 aromatic carbocycles. The van der Waals surface area contributed by atoms with Gasteiger partial charge in [0.15, 0.2) is 0 Å². The molecule has 9 heteroatoms. The Morgan fingerprint density at radius 3 is 2.04 bits per heavy atom. The van der Waals surface area contributed by atoms with E-state index < -0.39 is 29.4 Å². The minimum atomic E-state index is -4.70. The largest absolute Gasteiger partial charge is 0.480 e. The van der Waals surface area contributed by atoms with Gasteiger partial charge in [-0.25, -0.2) is 14.8 Å². The van der Waals surface area contributed by atoms with Crippen molar-refractivity contribution in [2.24, 2.45) is 0 Å². The molecule has 1 saturated carbocycles. The molecule has 2 rings (SSSR count). The molecule has 0 saturated heterocycles. The van der Waals surface area contributed by atoms with Crippen LogP contribution in [0.5, 0.6) is 0 Å². The van der Waals surface area contributed by atoms with Crippen LogP contribution in [0.25, 0.3) is 0 Å². The SMILES string of the molecule is O=C(NC1(C(=O)O)CCCCCC1)c1cnc(C(F)(F)F)nc1. The van der Waals surface area contributed by atoms with Crippen LogP contribution in [-0.4, -0.2) is 32.5 Å². The number of alkyl halides is 3. The zero-order valence-electron chi connectivity index (χ0n) is 12.2. The Labute approximate surface area is 130 Å². The van der Waals surface area contributed by atoms with Gasteiger partial charge in [0.2, 0.25) is 5.82 Å². The van der Waals surface area contributed by atoms with Crippen LogP contribution in [0.15, 0.2) is 12.4 Å². The predicted molar refractivity (Wildman–Crippen MR) is 72.6 cm³/mol. The number of nitrogens with one attached hydrogen (secondary N) is 1.